The summed E-state index contributed by atoms with van der Waals surface area (Å²) in [6.07, 6.45) is -5.44. The summed E-state index contributed by atoms with van der Waals surface area (Å²) in [6, 6.07) is 7.06. The van der Waals surface area contributed by atoms with Crippen LogP contribution in [0.15, 0.2) is 24.3 Å². The van der Waals surface area contributed by atoms with Gasteiger partial charge in [-0.1, -0.05) is 12.1 Å². The number of hydrogen-bond acceptors (Lipinski definition) is 7. The van der Waals surface area contributed by atoms with E-state index in [1.807, 2.05) is 12.1 Å². The zero-order chi connectivity index (χ0) is 17.0. The van der Waals surface area contributed by atoms with E-state index in [0.717, 1.165) is 12.0 Å². The van der Waals surface area contributed by atoms with Gasteiger partial charge >= 0.3 is 0 Å². The number of aliphatic hydroxyl groups is 5. The van der Waals surface area contributed by atoms with E-state index >= 15 is 0 Å². The molecule has 1 aromatic carbocycles. The average Bonchev–Trinajstić information content (AvgIpc) is 2.54. The molecule has 0 aliphatic carbocycles. The average molecular weight is 328 g/mol. The first-order chi connectivity index (χ1) is 10.9. The maximum Gasteiger partial charge on any atom is 0.229 e. The predicted molar refractivity (Wildman–Crippen MR) is 80.8 cm³/mol. The quantitative estimate of drug-likeness (QED) is 0.463. The molecule has 130 valence electrons. The molecule has 0 saturated carbocycles. The van der Waals surface area contributed by atoms with Crippen molar-refractivity contribution in [1.29, 1.82) is 0 Å². The molecule has 0 bridgehead atoms. The fourth-order valence-corrected chi connectivity index (χ4v) is 2.41. The minimum atomic E-state index is -1.46. The summed E-state index contributed by atoms with van der Waals surface area (Å²) in [5.74, 6) is 0.426. The van der Waals surface area contributed by atoms with E-state index in [4.69, 9.17) is 14.6 Å². The first-order valence-electron chi connectivity index (χ1n) is 7.66. The van der Waals surface area contributed by atoms with E-state index in [1.54, 1.807) is 19.1 Å². The Hall–Kier alpha value is -1.22. The maximum absolute atomic E-state index is 9.91. The lowest BCUT2D eigenvalue weighted by Crippen LogP contribution is -2.60. The first kappa shape index (κ1) is 18.1. The molecular formula is C16H24O7. The number of benzene rings is 1. The molecule has 0 radical (unpaired) electrons. The predicted octanol–water partition coefficient (Wildman–Crippen LogP) is -0.821. The number of aryl methyl sites for hydroxylation is 1. The van der Waals surface area contributed by atoms with Crippen molar-refractivity contribution in [3.8, 4) is 5.75 Å². The third-order valence-electron chi connectivity index (χ3n) is 3.87. The van der Waals surface area contributed by atoms with Gasteiger partial charge in [-0.25, -0.2) is 0 Å². The van der Waals surface area contributed by atoms with E-state index in [9.17, 15) is 20.4 Å². The minimum absolute atomic E-state index is 0.361. The van der Waals surface area contributed by atoms with Gasteiger partial charge in [0.05, 0.1) is 12.7 Å². The summed E-state index contributed by atoms with van der Waals surface area (Å²) in [6.45, 7) is 1.24. The second kappa shape index (κ2) is 8.05. The standard InChI is InChI=1S/C16H24O7/c1-9(18)2-3-10-4-6-11(7-5-10)22-16-15(21)14(20)13(19)12(8-17)23-16/h4-7,9,12-21H,2-3,8H2,1H3/t9?,12-,13-,14+,15-,16-/m1/s1. The Morgan fingerprint density at radius 3 is 2.30 bits per heavy atom. The van der Waals surface area contributed by atoms with Gasteiger partial charge in [-0.3, -0.25) is 0 Å². The van der Waals surface area contributed by atoms with Crippen molar-refractivity contribution < 1.29 is 35.0 Å². The Bertz CT molecular complexity index is 474. The van der Waals surface area contributed by atoms with Crippen LogP contribution in [-0.4, -0.2) is 68.9 Å². The van der Waals surface area contributed by atoms with Crippen LogP contribution < -0.4 is 4.74 Å². The number of rotatable bonds is 6. The molecule has 1 heterocycles. The lowest BCUT2D eigenvalue weighted by molar-refractivity contribution is -0.277. The van der Waals surface area contributed by atoms with Crippen molar-refractivity contribution in [2.45, 2.75) is 56.6 Å². The summed E-state index contributed by atoms with van der Waals surface area (Å²) < 4.78 is 10.8. The minimum Gasteiger partial charge on any atom is -0.462 e. The molecule has 2 rings (SSSR count). The van der Waals surface area contributed by atoms with Crippen LogP contribution in [0.3, 0.4) is 0 Å². The van der Waals surface area contributed by atoms with Gasteiger partial charge in [0, 0.05) is 0 Å². The van der Waals surface area contributed by atoms with Gasteiger partial charge in [-0.05, 0) is 37.5 Å². The highest BCUT2D eigenvalue weighted by Crippen LogP contribution is 2.24. The van der Waals surface area contributed by atoms with E-state index in [-0.39, 0.29) is 6.10 Å². The molecule has 7 nitrogen and oxygen atoms in total. The van der Waals surface area contributed by atoms with Crippen LogP contribution in [0.25, 0.3) is 0 Å². The van der Waals surface area contributed by atoms with Crippen LogP contribution in [0.2, 0.25) is 0 Å². The Morgan fingerprint density at radius 2 is 1.74 bits per heavy atom. The SMILES string of the molecule is CC(O)CCc1ccc(O[C@@H]2O[C@H](CO)[C@@H](O)[C@H](O)[C@H]2O)cc1. The molecule has 5 N–H and O–H groups in total. The Labute approximate surface area is 134 Å². The zero-order valence-electron chi connectivity index (χ0n) is 12.9. The lowest BCUT2D eigenvalue weighted by atomic mass is 9.99. The van der Waals surface area contributed by atoms with Crippen LogP contribution in [0.1, 0.15) is 18.9 Å². The Balaban J connectivity index is 1.97. The van der Waals surface area contributed by atoms with Crippen LogP contribution in [0.4, 0.5) is 0 Å². The van der Waals surface area contributed by atoms with Gasteiger partial charge in [0.15, 0.2) is 0 Å². The normalized spacial score (nSPS) is 32.5. The zero-order valence-corrected chi connectivity index (χ0v) is 12.9. The molecule has 1 saturated heterocycles. The summed E-state index contributed by atoms with van der Waals surface area (Å²) in [7, 11) is 0. The van der Waals surface area contributed by atoms with Crippen molar-refractivity contribution in [3.63, 3.8) is 0 Å². The number of ether oxygens (including phenoxy) is 2. The molecule has 0 spiro atoms. The Morgan fingerprint density at radius 1 is 1.09 bits per heavy atom. The van der Waals surface area contributed by atoms with Gasteiger partial charge in [-0.2, -0.15) is 0 Å². The fourth-order valence-electron chi connectivity index (χ4n) is 2.41. The third-order valence-corrected chi connectivity index (χ3v) is 3.87. The van der Waals surface area contributed by atoms with Crippen LogP contribution in [0.5, 0.6) is 5.75 Å². The summed E-state index contributed by atoms with van der Waals surface area (Å²) in [5.41, 5.74) is 1.03. The molecule has 0 aromatic heterocycles. The number of aliphatic hydroxyl groups excluding tert-OH is 5. The topological polar surface area (TPSA) is 120 Å². The largest absolute Gasteiger partial charge is 0.462 e. The molecule has 1 aliphatic heterocycles. The summed E-state index contributed by atoms with van der Waals surface area (Å²) in [5, 5.41) is 47.8. The molecule has 1 aromatic rings. The number of hydrogen-bond donors (Lipinski definition) is 5. The molecule has 23 heavy (non-hydrogen) atoms. The highest BCUT2D eigenvalue weighted by atomic mass is 16.7. The van der Waals surface area contributed by atoms with Crippen LogP contribution >= 0.6 is 0 Å². The highest BCUT2D eigenvalue weighted by molar-refractivity contribution is 5.27. The Kier molecular flexibility index (Phi) is 6.34. The van der Waals surface area contributed by atoms with Crippen molar-refractivity contribution in [1.82, 2.24) is 0 Å². The van der Waals surface area contributed by atoms with Crippen molar-refractivity contribution >= 4 is 0 Å². The van der Waals surface area contributed by atoms with Crippen molar-refractivity contribution in [2.75, 3.05) is 6.61 Å². The summed E-state index contributed by atoms with van der Waals surface area (Å²) >= 11 is 0. The third kappa shape index (κ3) is 4.63. The maximum atomic E-state index is 9.91. The molecule has 1 fully saturated rings. The van der Waals surface area contributed by atoms with Gasteiger partial charge in [0.2, 0.25) is 6.29 Å². The van der Waals surface area contributed by atoms with Gasteiger partial charge in [0.1, 0.15) is 30.2 Å². The van der Waals surface area contributed by atoms with E-state index in [1.165, 1.54) is 0 Å². The van der Waals surface area contributed by atoms with Gasteiger partial charge in [0.25, 0.3) is 0 Å². The lowest BCUT2D eigenvalue weighted by Gasteiger charge is -2.39. The van der Waals surface area contributed by atoms with Crippen LogP contribution in [-0.2, 0) is 11.2 Å². The molecule has 7 heteroatoms. The molecule has 6 atom stereocenters. The van der Waals surface area contributed by atoms with E-state index < -0.39 is 37.3 Å². The first-order valence-corrected chi connectivity index (χ1v) is 7.66. The monoisotopic (exact) mass is 328 g/mol. The molecule has 0 amide bonds. The fraction of sp³-hybridized carbons (Fsp3) is 0.625. The smallest absolute Gasteiger partial charge is 0.229 e. The molecule has 1 unspecified atom stereocenters. The van der Waals surface area contributed by atoms with Crippen molar-refractivity contribution in [3.05, 3.63) is 29.8 Å². The highest BCUT2D eigenvalue weighted by Gasteiger charge is 2.44. The van der Waals surface area contributed by atoms with Crippen LogP contribution in [0, 0.1) is 0 Å². The second-order valence-electron chi connectivity index (χ2n) is 5.85. The van der Waals surface area contributed by atoms with E-state index in [0.29, 0.717) is 12.2 Å². The molecular weight excluding hydrogens is 304 g/mol. The van der Waals surface area contributed by atoms with Gasteiger partial charge < -0.3 is 35.0 Å². The second-order valence-corrected chi connectivity index (χ2v) is 5.85. The van der Waals surface area contributed by atoms with Gasteiger partial charge in [-0.15, -0.1) is 0 Å². The summed E-state index contributed by atoms with van der Waals surface area (Å²) in [4.78, 5) is 0. The molecule has 1 aliphatic rings. The van der Waals surface area contributed by atoms with Crippen molar-refractivity contribution in [2.24, 2.45) is 0 Å². The van der Waals surface area contributed by atoms with E-state index in [2.05, 4.69) is 0 Å².